The molecule has 0 aliphatic rings. The second-order valence-electron chi connectivity index (χ2n) is 3.75. The molecule has 5 heteroatoms. The number of ether oxygens (including phenoxy) is 1. The summed E-state index contributed by atoms with van der Waals surface area (Å²) in [6, 6.07) is 0. The van der Waals surface area contributed by atoms with Gasteiger partial charge in [-0.3, -0.25) is 0 Å². The van der Waals surface area contributed by atoms with Gasteiger partial charge in [0.05, 0.1) is 6.61 Å². The number of carbonyl (C=O) groups excluding carboxylic acids is 1. The molecule has 1 aromatic heterocycles. The van der Waals surface area contributed by atoms with Gasteiger partial charge in [0.1, 0.15) is 0 Å². The van der Waals surface area contributed by atoms with Crippen LogP contribution in [0.25, 0.3) is 0 Å². The third-order valence-corrected chi connectivity index (χ3v) is 3.10. The van der Waals surface area contributed by atoms with Crippen molar-refractivity contribution in [1.29, 1.82) is 0 Å². The van der Waals surface area contributed by atoms with Crippen molar-refractivity contribution in [3.63, 3.8) is 0 Å². The summed E-state index contributed by atoms with van der Waals surface area (Å²) in [6.07, 6.45) is 4.89. The van der Waals surface area contributed by atoms with Gasteiger partial charge in [0.2, 0.25) is 0 Å². The summed E-state index contributed by atoms with van der Waals surface area (Å²) in [6.45, 7) is 5.28. The summed E-state index contributed by atoms with van der Waals surface area (Å²) in [4.78, 5) is 15.5. The lowest BCUT2D eigenvalue weighted by molar-refractivity contribution is 0.0520. The van der Waals surface area contributed by atoms with E-state index in [0.717, 1.165) is 18.1 Å². The molecule has 1 N–H and O–H groups in total. The van der Waals surface area contributed by atoms with Crippen LogP contribution in [0.4, 0.5) is 5.13 Å². The average molecular weight is 256 g/mol. The first kappa shape index (κ1) is 14.0. The molecule has 0 bridgehead atoms. The van der Waals surface area contributed by atoms with Crippen molar-refractivity contribution in [3.8, 4) is 0 Å². The molecule has 0 saturated heterocycles. The van der Waals surface area contributed by atoms with E-state index in [0.29, 0.717) is 12.3 Å². The molecule has 1 rings (SSSR count). The van der Waals surface area contributed by atoms with Gasteiger partial charge in [0, 0.05) is 11.9 Å². The predicted molar refractivity (Wildman–Crippen MR) is 70.7 cm³/mol. The van der Waals surface area contributed by atoms with E-state index in [4.69, 9.17) is 4.74 Å². The summed E-state index contributed by atoms with van der Waals surface area (Å²) in [5.41, 5.74) is 0.396. The van der Waals surface area contributed by atoms with Crippen LogP contribution in [0.2, 0.25) is 0 Å². The van der Waals surface area contributed by atoms with Gasteiger partial charge in [-0.2, -0.15) is 0 Å². The van der Waals surface area contributed by atoms with Crippen LogP contribution in [-0.4, -0.2) is 24.1 Å². The molecule has 0 saturated carbocycles. The maximum absolute atomic E-state index is 11.4. The van der Waals surface area contributed by atoms with Gasteiger partial charge in [0.25, 0.3) is 0 Å². The van der Waals surface area contributed by atoms with Gasteiger partial charge in [-0.25, -0.2) is 9.78 Å². The number of unbranched alkanes of at least 4 members (excludes halogenated alkanes) is 3. The number of nitrogens with one attached hydrogen (secondary N) is 1. The minimum Gasteiger partial charge on any atom is -0.461 e. The number of esters is 1. The Labute approximate surface area is 106 Å². The molecular formula is C12H20N2O2S. The molecule has 1 heterocycles. The van der Waals surface area contributed by atoms with Crippen LogP contribution in [0, 0.1) is 0 Å². The van der Waals surface area contributed by atoms with E-state index in [1.54, 1.807) is 12.3 Å². The van der Waals surface area contributed by atoms with Crippen LogP contribution in [0.5, 0.6) is 0 Å². The highest BCUT2D eigenvalue weighted by atomic mass is 32.1. The number of anilines is 1. The lowest BCUT2D eigenvalue weighted by Crippen LogP contribution is -2.06. The Bertz CT molecular complexity index is 339. The van der Waals surface area contributed by atoms with Crippen molar-refractivity contribution in [1.82, 2.24) is 4.98 Å². The van der Waals surface area contributed by atoms with E-state index < -0.39 is 0 Å². The second kappa shape index (κ2) is 8.06. The minimum atomic E-state index is -0.345. The Hall–Kier alpha value is -1.10. The Morgan fingerprint density at radius 2 is 2.24 bits per heavy atom. The van der Waals surface area contributed by atoms with Gasteiger partial charge in [-0.15, -0.1) is 11.3 Å². The lowest BCUT2D eigenvalue weighted by atomic mass is 10.2. The average Bonchev–Trinajstić information content (AvgIpc) is 2.78. The standard InChI is InChI=1S/C12H20N2O2S/c1-3-5-6-7-8-13-12-14-10(9-17-12)11(15)16-4-2/h9H,3-8H2,1-2H3,(H,13,14). The minimum absolute atomic E-state index is 0.345. The lowest BCUT2D eigenvalue weighted by Gasteiger charge is -2.01. The smallest absolute Gasteiger partial charge is 0.357 e. The summed E-state index contributed by atoms with van der Waals surface area (Å²) >= 11 is 1.44. The number of aromatic nitrogens is 1. The summed E-state index contributed by atoms with van der Waals surface area (Å²) < 4.78 is 4.88. The van der Waals surface area contributed by atoms with E-state index in [1.807, 2.05) is 0 Å². The molecule has 0 amide bonds. The molecule has 96 valence electrons. The van der Waals surface area contributed by atoms with E-state index in [1.165, 1.54) is 30.6 Å². The highest BCUT2D eigenvalue weighted by molar-refractivity contribution is 7.13. The summed E-state index contributed by atoms with van der Waals surface area (Å²) in [7, 11) is 0. The van der Waals surface area contributed by atoms with Crippen molar-refractivity contribution in [3.05, 3.63) is 11.1 Å². The molecule has 0 radical (unpaired) electrons. The number of hydrogen-bond donors (Lipinski definition) is 1. The Morgan fingerprint density at radius 3 is 2.94 bits per heavy atom. The first-order valence-electron chi connectivity index (χ1n) is 6.14. The maximum Gasteiger partial charge on any atom is 0.357 e. The Kier molecular flexibility index (Phi) is 6.62. The van der Waals surface area contributed by atoms with E-state index in [-0.39, 0.29) is 5.97 Å². The first-order chi connectivity index (χ1) is 8.27. The topological polar surface area (TPSA) is 51.2 Å². The van der Waals surface area contributed by atoms with Crippen molar-refractivity contribution in [2.24, 2.45) is 0 Å². The number of nitrogens with zero attached hydrogens (tertiary/aromatic N) is 1. The molecule has 0 spiro atoms. The largest absolute Gasteiger partial charge is 0.461 e. The van der Waals surface area contributed by atoms with Crippen LogP contribution in [-0.2, 0) is 4.74 Å². The molecule has 0 atom stereocenters. The molecule has 0 unspecified atom stereocenters. The van der Waals surface area contributed by atoms with Gasteiger partial charge in [0.15, 0.2) is 10.8 Å². The molecule has 0 aliphatic heterocycles. The van der Waals surface area contributed by atoms with Crippen molar-refractivity contribution in [2.45, 2.75) is 39.5 Å². The predicted octanol–water partition coefficient (Wildman–Crippen LogP) is 3.31. The normalized spacial score (nSPS) is 10.2. The zero-order chi connectivity index (χ0) is 12.5. The Morgan fingerprint density at radius 1 is 1.41 bits per heavy atom. The molecule has 0 fully saturated rings. The zero-order valence-electron chi connectivity index (χ0n) is 10.5. The SMILES string of the molecule is CCCCCCNc1nc(C(=O)OCC)cs1. The van der Waals surface area contributed by atoms with Crippen molar-refractivity contribution in [2.75, 3.05) is 18.5 Å². The highest BCUT2D eigenvalue weighted by Gasteiger charge is 2.10. The molecule has 1 aromatic rings. The molecular weight excluding hydrogens is 236 g/mol. The fraction of sp³-hybridized carbons (Fsp3) is 0.667. The summed E-state index contributed by atoms with van der Waals surface area (Å²) in [5.74, 6) is -0.345. The zero-order valence-corrected chi connectivity index (χ0v) is 11.3. The van der Waals surface area contributed by atoms with Crippen molar-refractivity contribution >= 4 is 22.4 Å². The fourth-order valence-electron chi connectivity index (χ4n) is 1.40. The molecule has 0 aliphatic carbocycles. The number of carbonyl (C=O) groups is 1. The third kappa shape index (κ3) is 5.17. The quantitative estimate of drug-likeness (QED) is 0.572. The van der Waals surface area contributed by atoms with Crippen molar-refractivity contribution < 1.29 is 9.53 Å². The fourth-order valence-corrected chi connectivity index (χ4v) is 2.11. The monoisotopic (exact) mass is 256 g/mol. The second-order valence-corrected chi connectivity index (χ2v) is 4.60. The first-order valence-corrected chi connectivity index (χ1v) is 7.02. The number of rotatable bonds is 8. The van der Waals surface area contributed by atoms with E-state index in [9.17, 15) is 4.79 Å². The van der Waals surface area contributed by atoms with E-state index >= 15 is 0 Å². The van der Waals surface area contributed by atoms with Gasteiger partial charge >= 0.3 is 5.97 Å². The number of hydrogen-bond acceptors (Lipinski definition) is 5. The van der Waals surface area contributed by atoms with Crippen LogP contribution in [0.15, 0.2) is 5.38 Å². The Balaban J connectivity index is 2.28. The summed E-state index contributed by atoms with van der Waals surface area (Å²) in [5, 5.41) is 5.74. The molecule has 4 nitrogen and oxygen atoms in total. The van der Waals surface area contributed by atoms with Crippen LogP contribution in [0.3, 0.4) is 0 Å². The van der Waals surface area contributed by atoms with Crippen LogP contribution < -0.4 is 5.32 Å². The number of thiazole rings is 1. The van der Waals surface area contributed by atoms with Gasteiger partial charge in [-0.05, 0) is 13.3 Å². The van der Waals surface area contributed by atoms with Crippen LogP contribution >= 0.6 is 11.3 Å². The third-order valence-electron chi connectivity index (χ3n) is 2.30. The van der Waals surface area contributed by atoms with Gasteiger partial charge in [-0.1, -0.05) is 26.2 Å². The van der Waals surface area contributed by atoms with Crippen LogP contribution in [0.1, 0.15) is 50.0 Å². The van der Waals surface area contributed by atoms with E-state index in [2.05, 4.69) is 17.2 Å². The molecule has 0 aromatic carbocycles. The molecule has 17 heavy (non-hydrogen) atoms. The van der Waals surface area contributed by atoms with Gasteiger partial charge < -0.3 is 10.1 Å². The highest BCUT2D eigenvalue weighted by Crippen LogP contribution is 2.16. The maximum atomic E-state index is 11.4.